The highest BCUT2D eigenvalue weighted by Gasteiger charge is 2.17. The highest BCUT2D eigenvalue weighted by molar-refractivity contribution is 6.40. The summed E-state index contributed by atoms with van der Waals surface area (Å²) in [6, 6.07) is 4.57. The molecule has 0 aliphatic rings. The van der Waals surface area contributed by atoms with E-state index < -0.39 is 11.8 Å². The Hall–Kier alpha value is -2.46. The van der Waals surface area contributed by atoms with Gasteiger partial charge in [0.25, 0.3) is 0 Å². The van der Waals surface area contributed by atoms with Crippen molar-refractivity contribution in [3.05, 3.63) is 17.2 Å². The average molecular weight is 298 g/mol. The van der Waals surface area contributed by atoms with Gasteiger partial charge in [-0.3, -0.25) is 9.59 Å². The van der Waals surface area contributed by atoms with Gasteiger partial charge in [-0.2, -0.15) is 5.26 Å². The van der Waals surface area contributed by atoms with Crippen LogP contribution in [0.25, 0.3) is 0 Å². The largest absolute Gasteiger partial charge is 0.495 e. The smallest absolute Gasteiger partial charge is 0.313 e. The topological polar surface area (TPSA) is 100 Å². The van der Waals surface area contributed by atoms with Crippen LogP contribution in [0.5, 0.6) is 11.5 Å². The summed E-state index contributed by atoms with van der Waals surface area (Å²) in [6.45, 7) is -0.257. The monoisotopic (exact) mass is 297 g/mol. The van der Waals surface area contributed by atoms with Crippen molar-refractivity contribution in [3.8, 4) is 17.6 Å². The molecule has 1 aromatic rings. The van der Waals surface area contributed by atoms with Crippen LogP contribution in [0, 0.1) is 11.3 Å². The maximum absolute atomic E-state index is 11.6. The molecule has 0 fully saturated rings. The zero-order valence-electron chi connectivity index (χ0n) is 10.8. The fourth-order valence-electron chi connectivity index (χ4n) is 1.34. The molecule has 0 unspecified atom stereocenters. The predicted octanol–water partition coefficient (Wildman–Crippen LogP) is 0.935. The van der Waals surface area contributed by atoms with Gasteiger partial charge < -0.3 is 20.1 Å². The molecule has 0 aliphatic heterocycles. The number of benzene rings is 1. The van der Waals surface area contributed by atoms with Crippen molar-refractivity contribution in [2.45, 2.75) is 0 Å². The number of nitrogens with zero attached hydrogens (tertiary/aromatic N) is 1. The molecule has 0 aromatic heterocycles. The van der Waals surface area contributed by atoms with Crippen LogP contribution in [0.2, 0.25) is 5.02 Å². The second-order valence-electron chi connectivity index (χ2n) is 3.48. The molecule has 2 amide bonds. The molecule has 1 aromatic carbocycles. The van der Waals surface area contributed by atoms with E-state index in [0.717, 1.165) is 0 Å². The van der Waals surface area contributed by atoms with E-state index in [1.54, 1.807) is 6.07 Å². The van der Waals surface area contributed by atoms with Crippen molar-refractivity contribution in [2.24, 2.45) is 0 Å². The molecule has 106 valence electrons. The molecule has 0 atom stereocenters. The average Bonchev–Trinajstić information content (AvgIpc) is 2.45. The number of ether oxygens (including phenoxy) is 2. The first-order chi connectivity index (χ1) is 9.53. The van der Waals surface area contributed by atoms with E-state index >= 15 is 0 Å². The number of nitrogens with one attached hydrogen (secondary N) is 2. The van der Waals surface area contributed by atoms with Crippen LogP contribution in [-0.4, -0.2) is 32.6 Å². The molecule has 1 rings (SSSR count). The third kappa shape index (κ3) is 3.76. The summed E-state index contributed by atoms with van der Waals surface area (Å²) in [5, 5.41) is 13.1. The lowest BCUT2D eigenvalue weighted by Gasteiger charge is -2.12. The van der Waals surface area contributed by atoms with Gasteiger partial charge in [0.2, 0.25) is 0 Å². The molecule has 0 bridgehead atoms. The van der Waals surface area contributed by atoms with Crippen LogP contribution in [-0.2, 0) is 9.59 Å². The highest BCUT2D eigenvalue weighted by Crippen LogP contribution is 2.35. The minimum atomic E-state index is -0.928. The third-order valence-electron chi connectivity index (χ3n) is 2.26. The van der Waals surface area contributed by atoms with Crippen molar-refractivity contribution in [3.63, 3.8) is 0 Å². The number of halogens is 1. The first-order valence-corrected chi connectivity index (χ1v) is 5.79. The lowest BCUT2D eigenvalue weighted by molar-refractivity contribution is -0.136. The molecular weight excluding hydrogens is 286 g/mol. The van der Waals surface area contributed by atoms with Gasteiger partial charge in [-0.25, -0.2) is 0 Å². The van der Waals surface area contributed by atoms with Crippen LogP contribution in [0.3, 0.4) is 0 Å². The van der Waals surface area contributed by atoms with E-state index in [2.05, 4.69) is 10.6 Å². The molecule has 0 aliphatic carbocycles. The lowest BCUT2D eigenvalue weighted by atomic mass is 10.2. The number of hydrogen-bond donors (Lipinski definition) is 2. The lowest BCUT2D eigenvalue weighted by Crippen LogP contribution is -2.35. The number of carbonyl (C=O) groups is 2. The fraction of sp³-hybridized carbons (Fsp3) is 0.250. The summed E-state index contributed by atoms with van der Waals surface area (Å²) in [5.41, 5.74) is 0.228. The standard InChI is InChI=1S/C12H12ClN3O4/c1-19-9-6-8(10(20-2)5-7(9)13)16-12(18)11(17)15-4-3-14/h5-6H,4H2,1-2H3,(H,15,17)(H,16,18). The maximum atomic E-state index is 11.6. The van der Waals surface area contributed by atoms with Gasteiger partial charge in [0.05, 0.1) is 31.0 Å². The summed E-state index contributed by atoms with van der Waals surface area (Å²) in [7, 11) is 2.81. The van der Waals surface area contributed by atoms with Crippen LogP contribution < -0.4 is 20.1 Å². The predicted molar refractivity (Wildman–Crippen MR) is 71.8 cm³/mol. The molecule has 8 heteroatoms. The Labute approximate surface area is 120 Å². The number of methoxy groups -OCH3 is 2. The molecule has 0 saturated carbocycles. The Morgan fingerprint density at radius 2 is 1.90 bits per heavy atom. The van der Waals surface area contributed by atoms with Crippen LogP contribution >= 0.6 is 11.6 Å². The van der Waals surface area contributed by atoms with Gasteiger partial charge in [-0.15, -0.1) is 0 Å². The summed E-state index contributed by atoms with van der Waals surface area (Å²) in [5.74, 6) is -1.26. The summed E-state index contributed by atoms with van der Waals surface area (Å²) >= 11 is 5.91. The van der Waals surface area contributed by atoms with Gasteiger partial charge in [0, 0.05) is 12.1 Å². The number of hydrogen-bond acceptors (Lipinski definition) is 5. The van der Waals surface area contributed by atoms with Gasteiger partial charge >= 0.3 is 11.8 Å². The zero-order chi connectivity index (χ0) is 15.1. The molecule has 20 heavy (non-hydrogen) atoms. The van der Waals surface area contributed by atoms with Gasteiger partial charge in [0.15, 0.2) is 0 Å². The normalized spacial score (nSPS) is 9.30. The molecule has 0 spiro atoms. The Kier molecular flexibility index (Phi) is 5.62. The van der Waals surface area contributed by atoms with E-state index in [1.807, 2.05) is 0 Å². The van der Waals surface area contributed by atoms with Crippen molar-refractivity contribution >= 4 is 29.1 Å². The number of carbonyl (C=O) groups excluding carboxylic acids is 2. The first-order valence-electron chi connectivity index (χ1n) is 5.41. The number of anilines is 1. The molecule has 2 N–H and O–H groups in total. The van der Waals surface area contributed by atoms with E-state index in [-0.39, 0.29) is 18.0 Å². The Morgan fingerprint density at radius 3 is 2.45 bits per heavy atom. The molecule has 0 saturated heterocycles. The second kappa shape index (κ2) is 7.21. The van der Waals surface area contributed by atoms with Crippen molar-refractivity contribution in [2.75, 3.05) is 26.1 Å². The molecule has 0 heterocycles. The van der Waals surface area contributed by atoms with E-state index in [0.29, 0.717) is 10.8 Å². The Balaban J connectivity index is 2.94. The quantitative estimate of drug-likeness (QED) is 0.636. The van der Waals surface area contributed by atoms with Gasteiger partial charge in [0.1, 0.15) is 18.0 Å². The number of nitriles is 1. The highest BCUT2D eigenvalue weighted by atomic mass is 35.5. The summed E-state index contributed by atoms with van der Waals surface area (Å²) in [4.78, 5) is 23.0. The van der Waals surface area contributed by atoms with Crippen LogP contribution in [0.4, 0.5) is 5.69 Å². The van der Waals surface area contributed by atoms with Gasteiger partial charge in [-0.1, -0.05) is 11.6 Å². The van der Waals surface area contributed by atoms with Crippen molar-refractivity contribution in [1.82, 2.24) is 5.32 Å². The SMILES string of the molecule is COc1cc(NC(=O)C(=O)NCC#N)c(OC)cc1Cl. The van der Waals surface area contributed by atoms with E-state index in [9.17, 15) is 9.59 Å². The number of amides is 2. The molecular formula is C12H12ClN3O4. The van der Waals surface area contributed by atoms with Crippen LogP contribution in [0.1, 0.15) is 0 Å². The third-order valence-corrected chi connectivity index (χ3v) is 2.55. The first kappa shape index (κ1) is 15.6. The minimum Gasteiger partial charge on any atom is -0.495 e. The van der Waals surface area contributed by atoms with E-state index in [4.69, 9.17) is 26.3 Å². The second-order valence-corrected chi connectivity index (χ2v) is 3.89. The summed E-state index contributed by atoms with van der Waals surface area (Å²) < 4.78 is 10.1. The Bertz CT molecular complexity index is 569. The van der Waals surface area contributed by atoms with Gasteiger partial charge in [-0.05, 0) is 0 Å². The summed E-state index contributed by atoms with van der Waals surface area (Å²) in [6.07, 6.45) is 0. The van der Waals surface area contributed by atoms with Crippen molar-refractivity contribution in [1.29, 1.82) is 5.26 Å². The van der Waals surface area contributed by atoms with Crippen molar-refractivity contribution < 1.29 is 19.1 Å². The zero-order valence-corrected chi connectivity index (χ0v) is 11.6. The van der Waals surface area contributed by atoms with E-state index in [1.165, 1.54) is 26.4 Å². The Morgan fingerprint density at radius 1 is 1.25 bits per heavy atom. The minimum absolute atomic E-state index is 0.228. The fourth-order valence-corrected chi connectivity index (χ4v) is 1.57. The maximum Gasteiger partial charge on any atom is 0.313 e. The van der Waals surface area contributed by atoms with Crippen LogP contribution in [0.15, 0.2) is 12.1 Å². The number of rotatable bonds is 4. The molecule has 0 radical (unpaired) electrons. The molecule has 7 nitrogen and oxygen atoms in total.